The predicted octanol–water partition coefficient (Wildman–Crippen LogP) is 6.19. The Balaban J connectivity index is 1.92. The Morgan fingerprint density at radius 3 is 1.83 bits per heavy atom. The molecule has 2 nitrogen and oxygen atoms in total. The molecule has 3 heteroatoms. The third kappa shape index (κ3) is 2.60. The van der Waals surface area contributed by atoms with Crippen LogP contribution in [0.15, 0.2) is 127 Å². The van der Waals surface area contributed by atoms with Gasteiger partial charge in [-0.05, 0) is 29.3 Å². The van der Waals surface area contributed by atoms with Crippen molar-refractivity contribution in [3.05, 3.63) is 138 Å². The van der Waals surface area contributed by atoms with E-state index in [1.807, 2.05) is 91.0 Å². The number of allylic oxidation sites excluding steroid dienone is 5. The number of hydrogen-bond donors (Lipinski definition) is 0. The third-order valence-corrected chi connectivity index (χ3v) is 8.93. The van der Waals surface area contributed by atoms with E-state index >= 15 is 4.57 Å². The molecule has 29 heavy (non-hydrogen) atoms. The van der Waals surface area contributed by atoms with E-state index in [2.05, 4.69) is 30.3 Å². The monoisotopic (exact) mass is 396 g/mol. The molecule has 0 radical (unpaired) electrons. The Morgan fingerprint density at radius 1 is 0.690 bits per heavy atom. The van der Waals surface area contributed by atoms with Crippen molar-refractivity contribution in [1.29, 1.82) is 0 Å². The van der Waals surface area contributed by atoms with Gasteiger partial charge in [-0.25, -0.2) is 0 Å². The Bertz CT molecular complexity index is 1110. The standard InChI is InChI=1S/C26H21O2P/c27-29(23-17-9-3-10-18-23)26(21-13-5-1-6-14-21,22-15-7-2-8-16-22)24-19-11-4-12-20-25(24)28-29/h1-20,24H. The average molecular weight is 396 g/mol. The summed E-state index contributed by atoms with van der Waals surface area (Å²) in [5.74, 6) is 0.572. The molecular formula is C26H21O2P. The van der Waals surface area contributed by atoms with Gasteiger partial charge < -0.3 is 4.52 Å². The van der Waals surface area contributed by atoms with Crippen LogP contribution >= 0.6 is 7.37 Å². The van der Waals surface area contributed by atoms with Crippen LogP contribution in [0.4, 0.5) is 0 Å². The van der Waals surface area contributed by atoms with Gasteiger partial charge in [0.1, 0.15) is 10.9 Å². The van der Waals surface area contributed by atoms with Gasteiger partial charge in [-0.15, -0.1) is 0 Å². The van der Waals surface area contributed by atoms with Gasteiger partial charge in [0, 0.05) is 5.30 Å². The van der Waals surface area contributed by atoms with Gasteiger partial charge >= 0.3 is 0 Å². The van der Waals surface area contributed by atoms with Crippen molar-refractivity contribution in [2.75, 3.05) is 0 Å². The van der Waals surface area contributed by atoms with Gasteiger partial charge in [0.15, 0.2) is 0 Å². The Kier molecular flexibility index (Phi) is 4.38. The van der Waals surface area contributed by atoms with Crippen LogP contribution in [0.5, 0.6) is 0 Å². The number of hydrogen-bond acceptors (Lipinski definition) is 2. The zero-order valence-corrected chi connectivity index (χ0v) is 16.8. The highest BCUT2D eigenvalue weighted by Crippen LogP contribution is 2.76. The van der Waals surface area contributed by atoms with Gasteiger partial charge in [0.25, 0.3) is 7.37 Å². The molecule has 142 valence electrons. The highest BCUT2D eigenvalue weighted by atomic mass is 31.2. The number of rotatable bonds is 3. The van der Waals surface area contributed by atoms with E-state index in [0.29, 0.717) is 0 Å². The minimum Gasteiger partial charge on any atom is -0.443 e. The van der Waals surface area contributed by atoms with E-state index < -0.39 is 12.5 Å². The maximum atomic E-state index is 15.0. The summed E-state index contributed by atoms with van der Waals surface area (Å²) >= 11 is 0. The molecule has 2 atom stereocenters. The molecule has 0 spiro atoms. The quantitative estimate of drug-likeness (QED) is 0.494. The molecule has 1 saturated heterocycles. The first kappa shape index (κ1) is 18.0. The van der Waals surface area contributed by atoms with Crippen LogP contribution in [-0.2, 0) is 14.2 Å². The zero-order chi connectivity index (χ0) is 19.7. The molecule has 0 bridgehead atoms. The smallest absolute Gasteiger partial charge is 0.292 e. The fourth-order valence-corrected chi connectivity index (χ4v) is 7.81. The molecule has 3 aromatic carbocycles. The molecule has 1 aliphatic heterocycles. The van der Waals surface area contributed by atoms with E-state index in [0.717, 1.165) is 22.2 Å². The number of fused-ring (bicyclic) bond motifs is 1. The van der Waals surface area contributed by atoms with Crippen LogP contribution in [0.3, 0.4) is 0 Å². The second-order valence-corrected chi connectivity index (χ2v) is 9.80. The summed E-state index contributed by atoms with van der Waals surface area (Å²) < 4.78 is 21.5. The lowest BCUT2D eigenvalue weighted by molar-refractivity contribution is 0.420. The number of benzene rings is 3. The molecule has 0 aromatic heterocycles. The molecule has 3 aromatic rings. The first-order chi connectivity index (χ1) is 14.3. The topological polar surface area (TPSA) is 26.3 Å². The molecule has 5 rings (SSSR count). The van der Waals surface area contributed by atoms with Crippen molar-refractivity contribution in [3.8, 4) is 0 Å². The van der Waals surface area contributed by atoms with Gasteiger partial charge in [-0.3, -0.25) is 4.57 Å². The van der Waals surface area contributed by atoms with Crippen molar-refractivity contribution in [3.63, 3.8) is 0 Å². The molecule has 2 unspecified atom stereocenters. The van der Waals surface area contributed by atoms with Crippen molar-refractivity contribution in [2.24, 2.45) is 5.92 Å². The lowest BCUT2D eigenvalue weighted by Crippen LogP contribution is -2.34. The van der Waals surface area contributed by atoms with Crippen LogP contribution in [0.2, 0.25) is 0 Å². The molecule has 2 aliphatic rings. The predicted molar refractivity (Wildman–Crippen MR) is 118 cm³/mol. The summed E-state index contributed by atoms with van der Waals surface area (Å²) in [6.07, 6.45) is 10.0. The molecular weight excluding hydrogens is 375 g/mol. The zero-order valence-electron chi connectivity index (χ0n) is 15.9. The van der Waals surface area contributed by atoms with E-state index in [1.165, 1.54) is 0 Å². The fraction of sp³-hybridized carbons (Fsp3) is 0.0769. The molecule has 1 aliphatic carbocycles. The van der Waals surface area contributed by atoms with E-state index in [1.54, 1.807) is 0 Å². The highest BCUT2D eigenvalue weighted by Gasteiger charge is 2.64. The Morgan fingerprint density at radius 2 is 1.24 bits per heavy atom. The van der Waals surface area contributed by atoms with Crippen LogP contribution in [0.25, 0.3) is 0 Å². The second-order valence-electron chi connectivity index (χ2n) is 7.29. The van der Waals surface area contributed by atoms with E-state index in [-0.39, 0.29) is 5.92 Å². The highest BCUT2D eigenvalue weighted by molar-refractivity contribution is 7.68. The summed E-state index contributed by atoms with van der Waals surface area (Å²) in [4.78, 5) is 0. The van der Waals surface area contributed by atoms with Crippen molar-refractivity contribution in [2.45, 2.75) is 5.16 Å². The Hall–Kier alpha value is -3.09. The van der Waals surface area contributed by atoms with Crippen LogP contribution in [0.1, 0.15) is 11.1 Å². The van der Waals surface area contributed by atoms with Crippen molar-refractivity contribution in [1.82, 2.24) is 0 Å². The second kappa shape index (κ2) is 7.06. The van der Waals surface area contributed by atoms with Crippen molar-refractivity contribution >= 4 is 12.7 Å². The van der Waals surface area contributed by atoms with E-state index in [9.17, 15) is 0 Å². The molecule has 0 N–H and O–H groups in total. The summed E-state index contributed by atoms with van der Waals surface area (Å²) in [6.45, 7) is 0. The van der Waals surface area contributed by atoms with E-state index in [4.69, 9.17) is 4.52 Å². The SMILES string of the molecule is O=P1(c2ccccc2)OC2=CC=CC=CC2C1(c1ccccc1)c1ccccc1. The van der Waals surface area contributed by atoms with Gasteiger partial charge in [0.2, 0.25) is 0 Å². The first-order valence-corrected chi connectivity index (χ1v) is 11.4. The first-order valence-electron chi connectivity index (χ1n) is 9.78. The van der Waals surface area contributed by atoms with Crippen LogP contribution in [0, 0.1) is 5.92 Å². The van der Waals surface area contributed by atoms with Gasteiger partial charge in [-0.2, -0.15) is 0 Å². The summed E-state index contributed by atoms with van der Waals surface area (Å²) in [7, 11) is -3.39. The largest absolute Gasteiger partial charge is 0.443 e. The fourth-order valence-electron chi connectivity index (χ4n) is 4.55. The lowest BCUT2D eigenvalue weighted by Gasteiger charge is -2.37. The molecule has 1 fully saturated rings. The minimum absolute atomic E-state index is 0.173. The summed E-state index contributed by atoms with van der Waals surface area (Å²) in [5.41, 5.74) is 2.00. The Labute approximate surface area is 171 Å². The maximum Gasteiger partial charge on any atom is 0.292 e. The summed E-state index contributed by atoms with van der Waals surface area (Å²) in [6, 6.07) is 30.0. The van der Waals surface area contributed by atoms with Gasteiger partial charge in [-0.1, -0.05) is 103 Å². The summed E-state index contributed by atoms with van der Waals surface area (Å²) in [5, 5.41) is -0.107. The average Bonchev–Trinajstić information content (AvgIpc) is 2.89. The molecule has 1 heterocycles. The molecule has 0 amide bonds. The normalized spacial score (nSPS) is 24.3. The minimum atomic E-state index is -3.39. The maximum absolute atomic E-state index is 15.0. The van der Waals surface area contributed by atoms with Crippen LogP contribution < -0.4 is 5.30 Å². The van der Waals surface area contributed by atoms with Crippen LogP contribution in [-0.4, -0.2) is 0 Å². The van der Waals surface area contributed by atoms with Crippen molar-refractivity contribution < 1.29 is 9.09 Å². The molecule has 0 saturated carbocycles. The third-order valence-electron chi connectivity index (χ3n) is 5.77. The lowest BCUT2D eigenvalue weighted by atomic mass is 9.78. The van der Waals surface area contributed by atoms with Gasteiger partial charge in [0.05, 0.1) is 5.92 Å².